The first kappa shape index (κ1) is 16.5. The minimum atomic E-state index is -2.11. The SMILES string of the molecule is COCc1nnc([C@@](N)(O)C(C)C(=O)OC(C)(C)C)o1. The van der Waals surface area contributed by atoms with Crippen LogP contribution in [0.3, 0.4) is 0 Å². The van der Waals surface area contributed by atoms with E-state index < -0.39 is 23.2 Å². The van der Waals surface area contributed by atoms with E-state index in [2.05, 4.69) is 10.2 Å². The molecule has 0 bridgehead atoms. The van der Waals surface area contributed by atoms with Crippen molar-refractivity contribution < 1.29 is 23.8 Å². The third kappa shape index (κ3) is 3.99. The quantitative estimate of drug-likeness (QED) is 0.586. The van der Waals surface area contributed by atoms with Gasteiger partial charge in [-0.2, -0.15) is 0 Å². The fourth-order valence-electron chi connectivity index (χ4n) is 1.35. The Hall–Kier alpha value is -1.51. The molecule has 0 aliphatic carbocycles. The van der Waals surface area contributed by atoms with Gasteiger partial charge < -0.3 is 19.0 Å². The topological polar surface area (TPSA) is 121 Å². The van der Waals surface area contributed by atoms with E-state index in [4.69, 9.17) is 19.6 Å². The van der Waals surface area contributed by atoms with Gasteiger partial charge in [0.1, 0.15) is 18.1 Å². The van der Waals surface area contributed by atoms with E-state index in [1.54, 1.807) is 20.8 Å². The molecule has 20 heavy (non-hydrogen) atoms. The van der Waals surface area contributed by atoms with Crippen molar-refractivity contribution in [3.05, 3.63) is 11.8 Å². The summed E-state index contributed by atoms with van der Waals surface area (Å²) in [7, 11) is 1.46. The summed E-state index contributed by atoms with van der Waals surface area (Å²) in [5, 5.41) is 17.5. The third-order valence-electron chi connectivity index (χ3n) is 2.50. The molecule has 1 unspecified atom stereocenters. The second-order valence-electron chi connectivity index (χ2n) is 5.51. The molecule has 3 N–H and O–H groups in total. The van der Waals surface area contributed by atoms with Crippen molar-refractivity contribution >= 4 is 5.97 Å². The maximum absolute atomic E-state index is 11.9. The summed E-state index contributed by atoms with van der Waals surface area (Å²) >= 11 is 0. The lowest BCUT2D eigenvalue weighted by atomic mass is 9.98. The number of carbonyl (C=O) groups excluding carboxylic acids is 1. The first-order chi connectivity index (χ1) is 9.08. The second-order valence-corrected chi connectivity index (χ2v) is 5.51. The van der Waals surface area contributed by atoms with Crippen LogP contribution < -0.4 is 5.73 Å². The van der Waals surface area contributed by atoms with E-state index in [0.29, 0.717) is 0 Å². The second kappa shape index (κ2) is 5.86. The molecule has 1 aromatic rings. The van der Waals surface area contributed by atoms with Crippen molar-refractivity contribution in [3.8, 4) is 0 Å². The van der Waals surface area contributed by atoms with Crippen LogP contribution >= 0.6 is 0 Å². The number of esters is 1. The van der Waals surface area contributed by atoms with Crippen molar-refractivity contribution in [1.82, 2.24) is 10.2 Å². The number of hydrogen-bond donors (Lipinski definition) is 2. The number of aliphatic hydroxyl groups is 1. The highest BCUT2D eigenvalue weighted by Crippen LogP contribution is 2.26. The van der Waals surface area contributed by atoms with Crippen molar-refractivity contribution in [1.29, 1.82) is 0 Å². The van der Waals surface area contributed by atoms with Gasteiger partial charge in [-0.25, -0.2) is 0 Å². The monoisotopic (exact) mass is 287 g/mol. The summed E-state index contributed by atoms with van der Waals surface area (Å²) in [5.41, 5.74) is 2.94. The van der Waals surface area contributed by atoms with E-state index in [1.807, 2.05) is 0 Å². The first-order valence-electron chi connectivity index (χ1n) is 6.14. The van der Waals surface area contributed by atoms with Gasteiger partial charge >= 0.3 is 5.97 Å². The zero-order valence-electron chi connectivity index (χ0n) is 12.3. The van der Waals surface area contributed by atoms with Gasteiger partial charge in [0, 0.05) is 7.11 Å². The molecule has 0 saturated heterocycles. The molecule has 0 radical (unpaired) electrons. The van der Waals surface area contributed by atoms with Crippen LogP contribution in [0.15, 0.2) is 4.42 Å². The number of hydrogen-bond acceptors (Lipinski definition) is 8. The Bertz CT molecular complexity index is 464. The number of nitrogens with zero attached hydrogens (tertiary/aromatic N) is 2. The van der Waals surface area contributed by atoms with Crippen molar-refractivity contribution in [2.75, 3.05) is 7.11 Å². The summed E-state index contributed by atoms with van der Waals surface area (Å²) < 4.78 is 15.1. The molecule has 0 spiro atoms. The summed E-state index contributed by atoms with van der Waals surface area (Å²) in [4.78, 5) is 11.9. The predicted molar refractivity (Wildman–Crippen MR) is 68.1 cm³/mol. The number of carbonyl (C=O) groups is 1. The normalized spacial score (nSPS) is 16.6. The Morgan fingerprint density at radius 2 is 2.05 bits per heavy atom. The first-order valence-corrected chi connectivity index (χ1v) is 6.14. The van der Waals surface area contributed by atoms with Crippen LogP contribution in [0, 0.1) is 5.92 Å². The van der Waals surface area contributed by atoms with E-state index in [1.165, 1.54) is 14.0 Å². The molecule has 0 aliphatic rings. The van der Waals surface area contributed by atoms with Gasteiger partial charge in [-0.05, 0) is 27.7 Å². The van der Waals surface area contributed by atoms with Gasteiger partial charge in [-0.3, -0.25) is 10.5 Å². The molecule has 0 amide bonds. The van der Waals surface area contributed by atoms with Crippen LogP contribution in [0.4, 0.5) is 0 Å². The highest BCUT2D eigenvalue weighted by Gasteiger charge is 2.43. The lowest BCUT2D eigenvalue weighted by Crippen LogP contribution is -2.48. The van der Waals surface area contributed by atoms with E-state index >= 15 is 0 Å². The number of aromatic nitrogens is 2. The van der Waals surface area contributed by atoms with Gasteiger partial charge in [-0.1, -0.05) is 0 Å². The van der Waals surface area contributed by atoms with Crippen LogP contribution in [-0.4, -0.2) is 34.0 Å². The Balaban J connectivity index is 2.87. The molecular weight excluding hydrogens is 266 g/mol. The Morgan fingerprint density at radius 1 is 1.45 bits per heavy atom. The number of methoxy groups -OCH3 is 1. The van der Waals surface area contributed by atoms with E-state index in [-0.39, 0.29) is 18.4 Å². The lowest BCUT2D eigenvalue weighted by molar-refractivity contribution is -0.171. The lowest BCUT2D eigenvalue weighted by Gasteiger charge is -2.28. The smallest absolute Gasteiger partial charge is 0.314 e. The molecule has 1 heterocycles. The molecular formula is C12H21N3O5. The van der Waals surface area contributed by atoms with Crippen molar-refractivity contribution in [2.24, 2.45) is 11.7 Å². The highest BCUT2D eigenvalue weighted by atomic mass is 16.6. The maximum atomic E-state index is 11.9. The van der Waals surface area contributed by atoms with Gasteiger partial charge in [0.15, 0.2) is 0 Å². The van der Waals surface area contributed by atoms with Crippen LogP contribution in [-0.2, 0) is 26.6 Å². The highest BCUT2D eigenvalue weighted by molar-refractivity contribution is 5.73. The van der Waals surface area contributed by atoms with E-state index in [9.17, 15) is 9.90 Å². The minimum Gasteiger partial charge on any atom is -0.460 e. The average molecular weight is 287 g/mol. The van der Waals surface area contributed by atoms with Gasteiger partial charge in [0.25, 0.3) is 5.89 Å². The summed E-state index contributed by atoms with van der Waals surface area (Å²) in [6.07, 6.45) is 0. The maximum Gasteiger partial charge on any atom is 0.314 e. The molecule has 2 atom stereocenters. The van der Waals surface area contributed by atoms with Gasteiger partial charge in [0.05, 0.1) is 0 Å². The fourth-order valence-corrected chi connectivity index (χ4v) is 1.35. The molecule has 114 valence electrons. The fraction of sp³-hybridized carbons (Fsp3) is 0.750. The predicted octanol–water partition coefficient (Wildman–Crippen LogP) is 0.298. The zero-order valence-corrected chi connectivity index (χ0v) is 12.3. The molecule has 0 saturated carbocycles. The molecule has 0 aliphatic heterocycles. The molecule has 1 aromatic heterocycles. The summed E-state index contributed by atoms with van der Waals surface area (Å²) in [5.74, 6) is -1.84. The minimum absolute atomic E-state index is 0.0872. The molecule has 1 rings (SSSR count). The molecule has 0 fully saturated rings. The Kier molecular flexibility index (Phi) is 4.85. The molecule has 8 nitrogen and oxygen atoms in total. The Morgan fingerprint density at radius 3 is 2.55 bits per heavy atom. The number of ether oxygens (including phenoxy) is 2. The third-order valence-corrected chi connectivity index (χ3v) is 2.50. The van der Waals surface area contributed by atoms with Crippen LogP contribution in [0.1, 0.15) is 39.5 Å². The largest absolute Gasteiger partial charge is 0.460 e. The molecule has 0 aromatic carbocycles. The summed E-state index contributed by atoms with van der Waals surface area (Å²) in [6.45, 7) is 6.67. The van der Waals surface area contributed by atoms with Gasteiger partial charge in [-0.15, -0.1) is 10.2 Å². The molecule has 8 heteroatoms. The van der Waals surface area contributed by atoms with Crippen LogP contribution in [0.25, 0.3) is 0 Å². The summed E-state index contributed by atoms with van der Waals surface area (Å²) in [6, 6.07) is 0. The average Bonchev–Trinajstić information content (AvgIpc) is 2.75. The number of rotatable bonds is 5. The van der Waals surface area contributed by atoms with Crippen molar-refractivity contribution in [3.63, 3.8) is 0 Å². The van der Waals surface area contributed by atoms with E-state index in [0.717, 1.165) is 0 Å². The zero-order chi connectivity index (χ0) is 15.6. The number of nitrogens with two attached hydrogens (primary N) is 1. The van der Waals surface area contributed by atoms with Gasteiger partial charge in [0.2, 0.25) is 11.6 Å². The standard InChI is InChI=1S/C12H21N3O5/c1-7(9(16)20-11(2,3)4)12(13,17)10-15-14-8(19-10)6-18-5/h7,17H,6,13H2,1-5H3/t7?,12-/m0/s1. The van der Waals surface area contributed by atoms with Crippen LogP contribution in [0.5, 0.6) is 0 Å². The Labute approximate surface area is 117 Å². The van der Waals surface area contributed by atoms with Crippen molar-refractivity contribution in [2.45, 2.75) is 45.6 Å². The van der Waals surface area contributed by atoms with Crippen LogP contribution in [0.2, 0.25) is 0 Å².